The standard InChI is InChI=1S/C14H17N3/c1-9-4-5-13(10(2)6-9)17-14-7-12(15)11(3)8-16-14/h4-8H,1-3H3,(H3,15,16,17). The first-order valence-corrected chi connectivity index (χ1v) is 5.62. The summed E-state index contributed by atoms with van der Waals surface area (Å²) in [6.07, 6.45) is 1.78. The summed E-state index contributed by atoms with van der Waals surface area (Å²) >= 11 is 0. The van der Waals surface area contributed by atoms with Gasteiger partial charge in [-0.1, -0.05) is 17.7 Å². The normalized spacial score (nSPS) is 10.3. The van der Waals surface area contributed by atoms with Crippen LogP contribution in [0.4, 0.5) is 17.2 Å². The van der Waals surface area contributed by atoms with Crippen LogP contribution in [0, 0.1) is 20.8 Å². The minimum atomic E-state index is 0.757. The number of aromatic nitrogens is 1. The number of benzene rings is 1. The molecule has 3 nitrogen and oxygen atoms in total. The lowest BCUT2D eigenvalue weighted by molar-refractivity contribution is 1.25. The Morgan fingerprint density at radius 2 is 1.82 bits per heavy atom. The number of anilines is 3. The van der Waals surface area contributed by atoms with Crippen molar-refractivity contribution < 1.29 is 0 Å². The lowest BCUT2D eigenvalue weighted by Crippen LogP contribution is -1.98. The maximum atomic E-state index is 5.86. The number of nitrogens with zero attached hydrogens (tertiary/aromatic N) is 1. The van der Waals surface area contributed by atoms with Gasteiger partial charge < -0.3 is 11.1 Å². The van der Waals surface area contributed by atoms with Crippen LogP contribution in [0.5, 0.6) is 0 Å². The molecule has 1 heterocycles. The molecule has 0 aliphatic rings. The van der Waals surface area contributed by atoms with Crippen LogP contribution in [0.3, 0.4) is 0 Å². The van der Waals surface area contributed by atoms with Crippen LogP contribution in [0.15, 0.2) is 30.5 Å². The van der Waals surface area contributed by atoms with Gasteiger partial charge in [0.05, 0.1) is 0 Å². The Morgan fingerprint density at radius 1 is 1.06 bits per heavy atom. The highest BCUT2D eigenvalue weighted by Gasteiger charge is 2.02. The fourth-order valence-corrected chi connectivity index (χ4v) is 1.70. The van der Waals surface area contributed by atoms with E-state index in [4.69, 9.17) is 5.73 Å². The summed E-state index contributed by atoms with van der Waals surface area (Å²) in [5.41, 5.74) is 11.1. The molecule has 3 heteroatoms. The minimum Gasteiger partial charge on any atom is -0.398 e. The van der Waals surface area contributed by atoms with Crippen molar-refractivity contribution in [1.29, 1.82) is 0 Å². The Balaban J connectivity index is 2.28. The molecule has 0 amide bonds. The van der Waals surface area contributed by atoms with Gasteiger partial charge in [-0.25, -0.2) is 4.98 Å². The number of rotatable bonds is 2. The molecule has 1 aromatic heterocycles. The SMILES string of the molecule is Cc1ccc(Nc2cc(N)c(C)cn2)c(C)c1. The molecule has 0 fully saturated rings. The Morgan fingerprint density at radius 3 is 2.47 bits per heavy atom. The van der Waals surface area contributed by atoms with E-state index < -0.39 is 0 Å². The number of hydrogen-bond acceptors (Lipinski definition) is 3. The highest BCUT2D eigenvalue weighted by atomic mass is 15.0. The molecule has 88 valence electrons. The molecule has 0 bridgehead atoms. The van der Waals surface area contributed by atoms with Gasteiger partial charge in [-0.05, 0) is 38.0 Å². The highest BCUT2D eigenvalue weighted by Crippen LogP contribution is 2.22. The number of nitrogens with one attached hydrogen (secondary N) is 1. The number of pyridine rings is 1. The summed E-state index contributed by atoms with van der Waals surface area (Å²) in [5, 5.41) is 3.28. The molecule has 0 saturated heterocycles. The van der Waals surface area contributed by atoms with Crippen molar-refractivity contribution in [3.05, 3.63) is 47.2 Å². The summed E-state index contributed by atoms with van der Waals surface area (Å²) in [6, 6.07) is 8.13. The number of aryl methyl sites for hydroxylation is 3. The zero-order valence-corrected chi connectivity index (χ0v) is 10.4. The van der Waals surface area contributed by atoms with E-state index in [1.807, 2.05) is 13.0 Å². The maximum Gasteiger partial charge on any atom is 0.132 e. The third-order valence-electron chi connectivity index (χ3n) is 2.79. The topological polar surface area (TPSA) is 50.9 Å². The first-order valence-electron chi connectivity index (χ1n) is 5.62. The Bertz CT molecular complexity index is 547. The smallest absolute Gasteiger partial charge is 0.132 e. The molecule has 0 aliphatic heterocycles. The summed E-state index contributed by atoms with van der Waals surface area (Å²) in [6.45, 7) is 6.11. The second-order valence-corrected chi connectivity index (χ2v) is 4.37. The molecule has 0 unspecified atom stereocenters. The molecule has 0 atom stereocenters. The lowest BCUT2D eigenvalue weighted by Gasteiger charge is -2.10. The van der Waals surface area contributed by atoms with Crippen molar-refractivity contribution in [2.45, 2.75) is 20.8 Å². The van der Waals surface area contributed by atoms with E-state index in [-0.39, 0.29) is 0 Å². The average molecular weight is 227 g/mol. The number of nitrogen functional groups attached to an aromatic ring is 1. The van der Waals surface area contributed by atoms with Crippen LogP contribution >= 0.6 is 0 Å². The molecule has 2 aromatic rings. The Hall–Kier alpha value is -2.03. The fraction of sp³-hybridized carbons (Fsp3) is 0.214. The van der Waals surface area contributed by atoms with Crippen molar-refractivity contribution in [3.63, 3.8) is 0 Å². The van der Waals surface area contributed by atoms with E-state index in [1.54, 1.807) is 6.20 Å². The molecule has 3 N–H and O–H groups in total. The largest absolute Gasteiger partial charge is 0.398 e. The molecule has 1 aromatic carbocycles. The van der Waals surface area contributed by atoms with E-state index in [1.165, 1.54) is 11.1 Å². The molecule has 17 heavy (non-hydrogen) atoms. The van der Waals surface area contributed by atoms with Crippen molar-refractivity contribution in [2.75, 3.05) is 11.1 Å². The first kappa shape index (κ1) is 11.5. The minimum absolute atomic E-state index is 0.757. The second-order valence-electron chi connectivity index (χ2n) is 4.37. The molecule has 0 aliphatic carbocycles. The van der Waals surface area contributed by atoms with Crippen molar-refractivity contribution in [1.82, 2.24) is 4.98 Å². The summed E-state index contributed by atoms with van der Waals surface area (Å²) < 4.78 is 0. The van der Waals surface area contributed by atoms with E-state index in [0.717, 1.165) is 22.8 Å². The molecule has 0 saturated carbocycles. The molecule has 2 rings (SSSR count). The zero-order valence-electron chi connectivity index (χ0n) is 10.4. The lowest BCUT2D eigenvalue weighted by atomic mass is 10.1. The average Bonchev–Trinajstić information content (AvgIpc) is 2.27. The molecule has 0 radical (unpaired) electrons. The van der Waals surface area contributed by atoms with Crippen LogP contribution in [0.25, 0.3) is 0 Å². The van der Waals surface area contributed by atoms with E-state index >= 15 is 0 Å². The van der Waals surface area contributed by atoms with Crippen LogP contribution < -0.4 is 11.1 Å². The van der Waals surface area contributed by atoms with Gasteiger partial charge in [-0.15, -0.1) is 0 Å². The first-order chi connectivity index (χ1) is 8.06. The van der Waals surface area contributed by atoms with Gasteiger partial charge in [0.25, 0.3) is 0 Å². The van der Waals surface area contributed by atoms with Gasteiger partial charge in [0.15, 0.2) is 0 Å². The van der Waals surface area contributed by atoms with Crippen molar-refractivity contribution in [2.24, 2.45) is 0 Å². The van der Waals surface area contributed by atoms with Gasteiger partial charge in [0.1, 0.15) is 5.82 Å². The van der Waals surface area contributed by atoms with Gasteiger partial charge in [0, 0.05) is 23.6 Å². The van der Waals surface area contributed by atoms with E-state index in [0.29, 0.717) is 0 Å². The molecular weight excluding hydrogens is 210 g/mol. The quantitative estimate of drug-likeness (QED) is 0.827. The van der Waals surface area contributed by atoms with Crippen molar-refractivity contribution in [3.8, 4) is 0 Å². The monoisotopic (exact) mass is 227 g/mol. The van der Waals surface area contributed by atoms with Crippen LogP contribution in [0.1, 0.15) is 16.7 Å². The second kappa shape index (κ2) is 4.45. The van der Waals surface area contributed by atoms with Crippen LogP contribution in [-0.4, -0.2) is 4.98 Å². The van der Waals surface area contributed by atoms with Gasteiger partial charge in [0.2, 0.25) is 0 Å². The highest BCUT2D eigenvalue weighted by molar-refractivity contribution is 5.64. The predicted octanol–water partition coefficient (Wildman–Crippen LogP) is 3.33. The third kappa shape index (κ3) is 2.56. The summed E-state index contributed by atoms with van der Waals surface area (Å²) in [5.74, 6) is 0.778. The van der Waals surface area contributed by atoms with Crippen LogP contribution in [-0.2, 0) is 0 Å². The molecular formula is C14H17N3. The van der Waals surface area contributed by atoms with E-state index in [2.05, 4.69) is 42.3 Å². The van der Waals surface area contributed by atoms with Gasteiger partial charge >= 0.3 is 0 Å². The maximum absolute atomic E-state index is 5.86. The Labute approximate surface area is 102 Å². The zero-order chi connectivity index (χ0) is 12.4. The number of nitrogens with two attached hydrogens (primary N) is 1. The third-order valence-corrected chi connectivity index (χ3v) is 2.79. The molecule has 0 spiro atoms. The van der Waals surface area contributed by atoms with E-state index in [9.17, 15) is 0 Å². The Kier molecular flexibility index (Phi) is 3.00. The van der Waals surface area contributed by atoms with Gasteiger partial charge in [-0.2, -0.15) is 0 Å². The predicted molar refractivity (Wildman–Crippen MR) is 72.6 cm³/mol. The fourth-order valence-electron chi connectivity index (χ4n) is 1.70. The summed E-state index contributed by atoms with van der Waals surface area (Å²) in [4.78, 5) is 4.31. The number of hydrogen-bond donors (Lipinski definition) is 2. The van der Waals surface area contributed by atoms with Gasteiger partial charge in [-0.3, -0.25) is 0 Å². The summed E-state index contributed by atoms with van der Waals surface area (Å²) in [7, 11) is 0. The van der Waals surface area contributed by atoms with Crippen LogP contribution in [0.2, 0.25) is 0 Å². The van der Waals surface area contributed by atoms with Crippen molar-refractivity contribution >= 4 is 17.2 Å².